The van der Waals surface area contributed by atoms with Crippen molar-refractivity contribution >= 4 is 0 Å². The Hall–Kier alpha value is -1.82. The van der Waals surface area contributed by atoms with Crippen LogP contribution in [0.15, 0.2) is 78.4 Å². The quantitative estimate of drug-likeness (QED) is 0.477. The number of allylic oxidation sites excluding steroid dienone is 6. The fourth-order valence-electron chi connectivity index (χ4n) is 2.96. The third-order valence-corrected chi connectivity index (χ3v) is 4.61. The van der Waals surface area contributed by atoms with Crippen molar-refractivity contribution in [2.75, 3.05) is 0 Å². The Balaban J connectivity index is 0.000000341. The van der Waals surface area contributed by atoms with Crippen molar-refractivity contribution in [2.24, 2.45) is 11.8 Å². The average Bonchev–Trinajstić information content (AvgIpc) is 2.50. The van der Waals surface area contributed by atoms with E-state index in [9.17, 15) is 0 Å². The first-order valence-electron chi connectivity index (χ1n) is 9.16. The van der Waals surface area contributed by atoms with E-state index in [1.165, 1.54) is 36.0 Å². The second kappa shape index (κ2) is 10.9. The number of hydrogen-bond donors (Lipinski definition) is 0. The van der Waals surface area contributed by atoms with Crippen LogP contribution in [0.1, 0.15) is 52.0 Å². The molecule has 0 aromatic heterocycles. The van der Waals surface area contributed by atoms with Gasteiger partial charge in [0.25, 0.3) is 0 Å². The van der Waals surface area contributed by atoms with Crippen molar-refractivity contribution < 1.29 is 0 Å². The second-order valence-corrected chi connectivity index (χ2v) is 7.10. The maximum atomic E-state index is 3.94. The Labute approximate surface area is 149 Å². The summed E-state index contributed by atoms with van der Waals surface area (Å²) in [6.07, 6.45) is 11.2. The van der Waals surface area contributed by atoms with E-state index in [4.69, 9.17) is 0 Å². The normalized spacial score (nSPS) is 15.8. The number of hydrogen-bond acceptors (Lipinski definition) is 0. The van der Waals surface area contributed by atoms with E-state index in [1.54, 1.807) is 5.57 Å². The van der Waals surface area contributed by atoms with Gasteiger partial charge in [0.05, 0.1) is 0 Å². The van der Waals surface area contributed by atoms with E-state index in [0.717, 1.165) is 12.3 Å². The molecular formula is C24H34. The van der Waals surface area contributed by atoms with Crippen LogP contribution in [0.4, 0.5) is 0 Å². The van der Waals surface area contributed by atoms with Crippen LogP contribution >= 0.6 is 0 Å². The van der Waals surface area contributed by atoms with Gasteiger partial charge < -0.3 is 0 Å². The van der Waals surface area contributed by atoms with Crippen LogP contribution < -0.4 is 0 Å². The second-order valence-electron chi connectivity index (χ2n) is 7.10. The summed E-state index contributed by atoms with van der Waals surface area (Å²) in [6, 6.07) is 10.3. The van der Waals surface area contributed by atoms with Gasteiger partial charge in [-0.25, -0.2) is 0 Å². The molecule has 1 aromatic rings. The molecule has 1 aliphatic rings. The lowest BCUT2D eigenvalue weighted by molar-refractivity contribution is 0.364. The smallest absolute Gasteiger partial charge is 0.0200 e. The van der Waals surface area contributed by atoms with Gasteiger partial charge in [-0.05, 0) is 56.1 Å². The van der Waals surface area contributed by atoms with Gasteiger partial charge in [-0.2, -0.15) is 0 Å². The Morgan fingerprint density at radius 1 is 1.17 bits per heavy atom. The molecule has 24 heavy (non-hydrogen) atoms. The molecule has 1 fully saturated rings. The molecule has 1 aliphatic carbocycles. The zero-order chi connectivity index (χ0) is 17.9. The topological polar surface area (TPSA) is 0 Å². The van der Waals surface area contributed by atoms with Crippen molar-refractivity contribution in [1.29, 1.82) is 0 Å². The van der Waals surface area contributed by atoms with E-state index in [2.05, 4.69) is 59.1 Å². The Kier molecular flexibility index (Phi) is 9.15. The van der Waals surface area contributed by atoms with E-state index in [0.29, 0.717) is 5.92 Å². The minimum absolute atomic E-state index is 0.688. The predicted octanol–water partition coefficient (Wildman–Crippen LogP) is 7.44. The summed E-state index contributed by atoms with van der Waals surface area (Å²) in [7, 11) is 0. The summed E-state index contributed by atoms with van der Waals surface area (Å²) < 4.78 is 0. The largest absolute Gasteiger partial charge is 0.0990 e. The lowest BCUT2D eigenvalue weighted by Crippen LogP contribution is -2.15. The summed E-state index contributed by atoms with van der Waals surface area (Å²) in [4.78, 5) is 0. The molecule has 1 saturated carbocycles. The van der Waals surface area contributed by atoms with Crippen LogP contribution in [0.3, 0.4) is 0 Å². The molecule has 0 radical (unpaired) electrons. The number of benzene rings is 1. The third kappa shape index (κ3) is 6.74. The lowest BCUT2D eigenvalue weighted by atomic mass is 9.76. The molecule has 0 bridgehead atoms. The molecule has 0 N–H and O–H groups in total. The van der Waals surface area contributed by atoms with Gasteiger partial charge in [-0.3, -0.25) is 0 Å². The molecule has 0 amide bonds. The molecule has 0 unspecified atom stereocenters. The highest BCUT2D eigenvalue weighted by molar-refractivity contribution is 5.44. The van der Waals surface area contributed by atoms with Crippen molar-refractivity contribution in [2.45, 2.75) is 53.4 Å². The Morgan fingerprint density at radius 2 is 1.79 bits per heavy atom. The predicted molar refractivity (Wildman–Crippen MR) is 109 cm³/mol. The Bertz CT molecular complexity index is 565. The van der Waals surface area contributed by atoms with Gasteiger partial charge in [-0.1, -0.05) is 93.1 Å². The van der Waals surface area contributed by atoms with Crippen molar-refractivity contribution in [3.05, 3.63) is 84.0 Å². The van der Waals surface area contributed by atoms with E-state index in [1.807, 2.05) is 30.4 Å². The van der Waals surface area contributed by atoms with E-state index >= 15 is 0 Å². The van der Waals surface area contributed by atoms with Gasteiger partial charge >= 0.3 is 0 Å². The van der Waals surface area contributed by atoms with Crippen LogP contribution in [0.2, 0.25) is 0 Å². The molecule has 0 aliphatic heterocycles. The van der Waals surface area contributed by atoms with Gasteiger partial charge in [0, 0.05) is 0 Å². The molecule has 2 rings (SSSR count). The minimum Gasteiger partial charge on any atom is -0.0990 e. The first kappa shape index (κ1) is 20.2. The molecule has 130 valence electrons. The summed E-state index contributed by atoms with van der Waals surface area (Å²) in [5.74, 6) is 1.50. The van der Waals surface area contributed by atoms with Crippen molar-refractivity contribution in [3.8, 4) is 0 Å². The monoisotopic (exact) mass is 322 g/mol. The highest BCUT2D eigenvalue weighted by atomic mass is 14.3. The zero-order valence-corrected chi connectivity index (χ0v) is 16.0. The lowest BCUT2D eigenvalue weighted by Gasteiger charge is -2.29. The number of rotatable bonds is 6. The van der Waals surface area contributed by atoms with Gasteiger partial charge in [0.2, 0.25) is 0 Å². The van der Waals surface area contributed by atoms with Gasteiger partial charge in [0.1, 0.15) is 0 Å². The number of aryl methyl sites for hydroxylation is 1. The van der Waals surface area contributed by atoms with Crippen LogP contribution in [-0.4, -0.2) is 0 Å². The SMILES string of the molecule is C=C/C=C(C=C)\C(CC(C)C)=C(/C)C1CCC1.Cc1ccccc1. The maximum Gasteiger partial charge on any atom is -0.0200 e. The Morgan fingerprint density at radius 3 is 2.12 bits per heavy atom. The standard InChI is InChI=1S/C17H26.C7H8/c1-6-9-15(7-2)17(12-13(3)4)14(5)16-10-8-11-16;1-7-5-3-2-4-6-7/h6-7,9,13,16H,1-2,8,10-12H2,3-5H3;2-6H,1H3/b15-9-,17-14+;. The molecule has 0 heterocycles. The molecular weight excluding hydrogens is 288 g/mol. The van der Waals surface area contributed by atoms with Crippen LogP contribution in [-0.2, 0) is 0 Å². The highest BCUT2D eigenvalue weighted by Crippen LogP contribution is 2.37. The first-order chi connectivity index (χ1) is 11.5. The third-order valence-electron chi connectivity index (χ3n) is 4.61. The molecule has 0 heteroatoms. The molecule has 0 spiro atoms. The molecule has 1 aromatic carbocycles. The van der Waals surface area contributed by atoms with Crippen LogP contribution in [0.25, 0.3) is 0 Å². The van der Waals surface area contributed by atoms with Crippen LogP contribution in [0.5, 0.6) is 0 Å². The molecule has 0 nitrogen and oxygen atoms in total. The van der Waals surface area contributed by atoms with Crippen molar-refractivity contribution in [3.63, 3.8) is 0 Å². The zero-order valence-electron chi connectivity index (χ0n) is 16.0. The molecule has 0 atom stereocenters. The average molecular weight is 323 g/mol. The van der Waals surface area contributed by atoms with Gasteiger partial charge in [-0.15, -0.1) is 0 Å². The minimum atomic E-state index is 0.688. The van der Waals surface area contributed by atoms with Crippen LogP contribution in [0, 0.1) is 18.8 Å². The van der Waals surface area contributed by atoms with E-state index < -0.39 is 0 Å². The summed E-state index contributed by atoms with van der Waals surface area (Å²) in [6.45, 7) is 16.7. The fourth-order valence-corrected chi connectivity index (χ4v) is 2.96. The fraction of sp³-hybridized carbons (Fsp3) is 0.417. The van der Waals surface area contributed by atoms with E-state index in [-0.39, 0.29) is 0 Å². The summed E-state index contributed by atoms with van der Waals surface area (Å²) in [5, 5.41) is 0. The maximum absolute atomic E-state index is 3.94. The van der Waals surface area contributed by atoms with Gasteiger partial charge in [0.15, 0.2) is 0 Å². The first-order valence-corrected chi connectivity index (χ1v) is 9.16. The molecule has 0 saturated heterocycles. The van der Waals surface area contributed by atoms with Crippen molar-refractivity contribution in [1.82, 2.24) is 0 Å². The summed E-state index contributed by atoms with van der Waals surface area (Å²) in [5.41, 5.74) is 5.66. The summed E-state index contributed by atoms with van der Waals surface area (Å²) >= 11 is 0. The highest BCUT2D eigenvalue weighted by Gasteiger charge is 2.22.